The van der Waals surface area contributed by atoms with Gasteiger partial charge in [0.15, 0.2) is 0 Å². The number of nitrogens with zero attached hydrogens (tertiary/aromatic N) is 4. The second-order valence-electron chi connectivity index (χ2n) is 9.20. The van der Waals surface area contributed by atoms with Gasteiger partial charge in [0.1, 0.15) is 21.8 Å². The Morgan fingerprint density at radius 1 is 1.22 bits per heavy atom. The lowest BCUT2D eigenvalue weighted by molar-refractivity contribution is -0.123. The van der Waals surface area contributed by atoms with Gasteiger partial charge in [0, 0.05) is 25.2 Å². The van der Waals surface area contributed by atoms with Crippen LogP contribution >= 0.6 is 24.0 Å². The third-order valence-electron chi connectivity index (χ3n) is 6.65. The maximum absolute atomic E-state index is 13.6. The zero-order valence-corrected chi connectivity index (χ0v) is 22.8. The first-order chi connectivity index (χ1) is 17.2. The molecule has 188 valence electrons. The fraction of sp³-hybridized carbons (Fsp3) is 0.407. The number of hydrogen-bond acceptors (Lipinski definition) is 7. The van der Waals surface area contributed by atoms with E-state index in [2.05, 4.69) is 11.0 Å². The Hall–Kier alpha value is -2.93. The molecule has 2 fully saturated rings. The lowest BCUT2D eigenvalue weighted by Crippen LogP contribution is -2.48. The molecule has 1 amide bonds. The van der Waals surface area contributed by atoms with Crippen LogP contribution in [0.3, 0.4) is 0 Å². The number of carbonyl (C=O) groups is 1. The molecule has 1 aromatic carbocycles. The molecule has 3 atom stereocenters. The number of carbonyl (C=O) groups excluding carboxylic acids is 1. The topological polar surface area (TPSA) is 78.6 Å². The summed E-state index contributed by atoms with van der Waals surface area (Å²) in [5.41, 5.74) is 2.03. The minimum Gasteiger partial charge on any atom is -0.372 e. The van der Waals surface area contributed by atoms with Crippen molar-refractivity contribution in [2.75, 3.05) is 18.0 Å². The van der Waals surface area contributed by atoms with Crippen LogP contribution in [-0.4, -0.2) is 45.0 Å². The number of nitriles is 1. The summed E-state index contributed by atoms with van der Waals surface area (Å²) in [5.74, 6) is 0.533. The number of pyridine rings is 1. The van der Waals surface area contributed by atoms with E-state index in [-0.39, 0.29) is 35.3 Å². The van der Waals surface area contributed by atoms with Crippen LogP contribution in [-0.2, 0) is 16.1 Å². The Bertz CT molecular complexity index is 1320. The Morgan fingerprint density at radius 3 is 2.44 bits per heavy atom. The first kappa shape index (κ1) is 26.1. The fourth-order valence-electron chi connectivity index (χ4n) is 4.95. The van der Waals surface area contributed by atoms with E-state index in [4.69, 9.17) is 17.0 Å². The van der Waals surface area contributed by atoms with Crippen molar-refractivity contribution in [1.82, 2.24) is 9.47 Å². The SMILES string of the molecule is CCn1c(N2CC(C)OC(C)C2)c(C=C2SC(=S)N(C(C)c3ccccc3)C2=O)c(C)c(C#N)c1=O. The molecule has 0 aliphatic carbocycles. The molecule has 2 aliphatic heterocycles. The summed E-state index contributed by atoms with van der Waals surface area (Å²) >= 11 is 6.87. The van der Waals surface area contributed by atoms with E-state index in [1.165, 1.54) is 11.8 Å². The summed E-state index contributed by atoms with van der Waals surface area (Å²) in [6, 6.07) is 11.6. The van der Waals surface area contributed by atoms with Crippen molar-refractivity contribution in [3.8, 4) is 6.07 Å². The van der Waals surface area contributed by atoms with Gasteiger partial charge in [0.05, 0.1) is 23.2 Å². The summed E-state index contributed by atoms with van der Waals surface area (Å²) in [5, 5.41) is 9.81. The zero-order valence-electron chi connectivity index (χ0n) is 21.1. The molecular weight excluding hydrogens is 492 g/mol. The lowest BCUT2D eigenvalue weighted by Gasteiger charge is -2.39. The fourth-order valence-corrected chi connectivity index (χ4v) is 6.35. The van der Waals surface area contributed by atoms with E-state index in [9.17, 15) is 14.9 Å². The predicted octanol–water partition coefficient (Wildman–Crippen LogP) is 4.62. The number of thiocarbonyl (C=S) groups is 1. The Balaban J connectivity index is 1.85. The average Bonchev–Trinajstić information content (AvgIpc) is 3.12. The molecule has 36 heavy (non-hydrogen) atoms. The molecule has 2 saturated heterocycles. The van der Waals surface area contributed by atoms with Crippen molar-refractivity contribution in [2.45, 2.75) is 59.4 Å². The molecule has 0 spiro atoms. The minimum atomic E-state index is -0.318. The number of benzene rings is 1. The number of aromatic nitrogens is 1. The molecule has 7 nitrogen and oxygen atoms in total. The summed E-state index contributed by atoms with van der Waals surface area (Å²) in [7, 11) is 0. The molecule has 0 bridgehead atoms. The molecule has 9 heteroatoms. The maximum atomic E-state index is 13.6. The van der Waals surface area contributed by atoms with Crippen molar-refractivity contribution in [1.29, 1.82) is 5.26 Å². The van der Waals surface area contributed by atoms with Crippen LogP contribution in [0.25, 0.3) is 6.08 Å². The van der Waals surface area contributed by atoms with Crippen molar-refractivity contribution in [3.63, 3.8) is 0 Å². The zero-order chi connectivity index (χ0) is 26.1. The number of anilines is 1. The van der Waals surface area contributed by atoms with Gasteiger partial charge in [0.2, 0.25) is 0 Å². The van der Waals surface area contributed by atoms with Crippen LogP contribution in [0.4, 0.5) is 5.82 Å². The summed E-state index contributed by atoms with van der Waals surface area (Å²) < 4.78 is 8.05. The van der Waals surface area contributed by atoms with E-state index >= 15 is 0 Å². The van der Waals surface area contributed by atoms with Gasteiger partial charge in [-0.15, -0.1) is 0 Å². The van der Waals surface area contributed by atoms with Crippen molar-refractivity contribution < 1.29 is 9.53 Å². The van der Waals surface area contributed by atoms with Gasteiger partial charge in [-0.25, -0.2) is 0 Å². The van der Waals surface area contributed by atoms with Crippen LogP contribution in [0.15, 0.2) is 40.0 Å². The predicted molar refractivity (Wildman–Crippen MR) is 148 cm³/mol. The third-order valence-corrected chi connectivity index (χ3v) is 7.98. The molecule has 1 aromatic heterocycles. The molecule has 3 heterocycles. The standard InChI is InChI=1S/C27H30N4O3S2/c1-6-30-24(29-14-16(2)34-17(3)15-29)21(18(4)22(13-28)25(30)32)12-23-26(33)31(27(35)36-23)19(5)20-10-8-7-9-11-20/h7-12,16-17,19H,6,14-15H2,1-5H3. The van der Waals surface area contributed by atoms with Gasteiger partial charge in [-0.2, -0.15) is 5.26 Å². The minimum absolute atomic E-state index is 0.0251. The number of ether oxygens (including phenoxy) is 1. The largest absolute Gasteiger partial charge is 0.372 e. The highest BCUT2D eigenvalue weighted by molar-refractivity contribution is 8.26. The molecule has 0 saturated carbocycles. The number of hydrogen-bond donors (Lipinski definition) is 0. The van der Waals surface area contributed by atoms with E-state index in [0.29, 0.717) is 45.8 Å². The molecule has 3 unspecified atom stereocenters. The second kappa shape index (κ2) is 10.6. The second-order valence-corrected chi connectivity index (χ2v) is 10.9. The smallest absolute Gasteiger partial charge is 0.270 e. The Labute approximate surface area is 221 Å². The van der Waals surface area contributed by atoms with Gasteiger partial charge < -0.3 is 9.64 Å². The van der Waals surface area contributed by atoms with Crippen LogP contribution in [0.1, 0.15) is 56.0 Å². The number of thioether (sulfide) groups is 1. The van der Waals surface area contributed by atoms with Crippen LogP contribution < -0.4 is 10.5 Å². The van der Waals surface area contributed by atoms with Gasteiger partial charge in [-0.3, -0.25) is 19.1 Å². The lowest BCUT2D eigenvalue weighted by atomic mass is 10.0. The van der Waals surface area contributed by atoms with Gasteiger partial charge in [-0.05, 0) is 51.8 Å². The highest BCUT2D eigenvalue weighted by Gasteiger charge is 2.37. The van der Waals surface area contributed by atoms with Crippen LogP contribution in [0, 0.1) is 18.3 Å². The highest BCUT2D eigenvalue weighted by Crippen LogP contribution is 2.40. The molecule has 0 N–H and O–H groups in total. The van der Waals surface area contributed by atoms with Crippen molar-refractivity contribution in [3.05, 3.63) is 67.8 Å². The van der Waals surface area contributed by atoms with Crippen molar-refractivity contribution in [2.24, 2.45) is 0 Å². The number of morpholine rings is 1. The quantitative estimate of drug-likeness (QED) is 0.419. The van der Waals surface area contributed by atoms with Gasteiger partial charge in [0.25, 0.3) is 11.5 Å². The average molecular weight is 523 g/mol. The first-order valence-electron chi connectivity index (χ1n) is 12.1. The normalized spacial score (nSPS) is 22.3. The number of amides is 1. The third kappa shape index (κ3) is 4.73. The van der Waals surface area contributed by atoms with Crippen LogP contribution in [0.2, 0.25) is 0 Å². The van der Waals surface area contributed by atoms with E-state index in [1.807, 2.05) is 58.0 Å². The monoisotopic (exact) mass is 522 g/mol. The first-order valence-corrected chi connectivity index (χ1v) is 13.3. The Kier molecular flexibility index (Phi) is 7.69. The highest BCUT2D eigenvalue weighted by atomic mass is 32.2. The summed E-state index contributed by atoms with van der Waals surface area (Å²) in [6.45, 7) is 11.2. The maximum Gasteiger partial charge on any atom is 0.270 e. The van der Waals surface area contributed by atoms with E-state index < -0.39 is 0 Å². The van der Waals surface area contributed by atoms with Gasteiger partial charge >= 0.3 is 0 Å². The molecule has 2 aromatic rings. The molecular formula is C27H30N4O3S2. The molecule has 2 aliphatic rings. The Morgan fingerprint density at radius 2 is 1.86 bits per heavy atom. The van der Waals surface area contributed by atoms with Crippen LogP contribution in [0.5, 0.6) is 0 Å². The molecule has 4 rings (SSSR count). The summed E-state index contributed by atoms with van der Waals surface area (Å²) in [6.07, 6.45) is 1.75. The van der Waals surface area contributed by atoms with E-state index in [0.717, 1.165) is 5.56 Å². The summed E-state index contributed by atoms with van der Waals surface area (Å²) in [4.78, 5) is 31.1. The van der Waals surface area contributed by atoms with E-state index in [1.54, 1.807) is 22.5 Å². The molecule has 0 radical (unpaired) electrons. The van der Waals surface area contributed by atoms with Crippen molar-refractivity contribution >= 4 is 46.1 Å². The number of rotatable bonds is 5. The van der Waals surface area contributed by atoms with Gasteiger partial charge in [-0.1, -0.05) is 54.3 Å².